The first-order chi connectivity index (χ1) is 9.06. The fourth-order valence-electron chi connectivity index (χ4n) is 5.29. The zero-order valence-corrected chi connectivity index (χ0v) is 12.4. The van der Waals surface area contributed by atoms with Gasteiger partial charge in [-0.1, -0.05) is 19.4 Å². The van der Waals surface area contributed by atoms with Crippen LogP contribution in [0.15, 0.2) is 11.6 Å². The van der Waals surface area contributed by atoms with Crippen molar-refractivity contribution in [3.63, 3.8) is 0 Å². The van der Waals surface area contributed by atoms with Crippen molar-refractivity contribution < 1.29 is 9.53 Å². The van der Waals surface area contributed by atoms with Crippen LogP contribution >= 0.6 is 0 Å². The van der Waals surface area contributed by atoms with E-state index in [1.165, 1.54) is 24.8 Å². The van der Waals surface area contributed by atoms with Crippen molar-refractivity contribution >= 4 is 5.78 Å². The van der Waals surface area contributed by atoms with E-state index in [-0.39, 0.29) is 0 Å². The van der Waals surface area contributed by atoms with Gasteiger partial charge in [0.05, 0.1) is 6.10 Å². The molecule has 2 saturated carbocycles. The van der Waals surface area contributed by atoms with Crippen LogP contribution in [0.5, 0.6) is 0 Å². The quantitative estimate of drug-likeness (QED) is 0.719. The summed E-state index contributed by atoms with van der Waals surface area (Å²) in [5.41, 5.74) is 1.86. The molecule has 3 aliphatic carbocycles. The van der Waals surface area contributed by atoms with Crippen LogP contribution in [0.4, 0.5) is 0 Å². The number of hydrogen-bond acceptors (Lipinski definition) is 2. The average Bonchev–Trinajstić information content (AvgIpc) is 2.38. The lowest BCUT2D eigenvalue weighted by molar-refractivity contribution is -0.118. The third-order valence-electron chi connectivity index (χ3n) is 6.35. The normalized spacial score (nSPS) is 46.3. The van der Waals surface area contributed by atoms with Gasteiger partial charge in [-0.05, 0) is 61.3 Å². The second-order valence-electron chi connectivity index (χ2n) is 7.10. The van der Waals surface area contributed by atoms with Gasteiger partial charge >= 0.3 is 0 Å². The summed E-state index contributed by atoms with van der Waals surface area (Å²) < 4.78 is 5.68. The van der Waals surface area contributed by atoms with Gasteiger partial charge in [0, 0.05) is 13.5 Å². The molecule has 0 N–H and O–H groups in total. The minimum Gasteiger partial charge on any atom is -0.381 e. The summed E-state index contributed by atoms with van der Waals surface area (Å²) in [5, 5.41) is 0. The van der Waals surface area contributed by atoms with Crippen molar-refractivity contribution in [3.05, 3.63) is 11.6 Å². The van der Waals surface area contributed by atoms with Crippen molar-refractivity contribution in [3.8, 4) is 0 Å². The van der Waals surface area contributed by atoms with Crippen LogP contribution in [0.1, 0.15) is 52.4 Å². The van der Waals surface area contributed by atoms with Crippen molar-refractivity contribution in [2.75, 3.05) is 7.11 Å². The topological polar surface area (TPSA) is 26.3 Å². The summed E-state index contributed by atoms with van der Waals surface area (Å²) in [5.74, 6) is 2.43. The molecule has 3 rings (SSSR count). The van der Waals surface area contributed by atoms with E-state index in [4.69, 9.17) is 4.74 Å². The van der Waals surface area contributed by atoms with E-state index in [2.05, 4.69) is 13.8 Å². The number of hydrogen-bond donors (Lipinski definition) is 0. The minimum atomic E-state index is 0.354. The van der Waals surface area contributed by atoms with Crippen LogP contribution in [0.25, 0.3) is 0 Å². The number of ketones is 1. The monoisotopic (exact) mass is 262 g/mol. The van der Waals surface area contributed by atoms with Gasteiger partial charge in [-0.25, -0.2) is 0 Å². The van der Waals surface area contributed by atoms with E-state index in [1.807, 2.05) is 13.2 Å². The van der Waals surface area contributed by atoms with Crippen LogP contribution in [0.2, 0.25) is 0 Å². The average molecular weight is 262 g/mol. The van der Waals surface area contributed by atoms with E-state index >= 15 is 0 Å². The summed E-state index contributed by atoms with van der Waals surface area (Å²) in [6.07, 6.45) is 9.08. The molecule has 0 saturated heterocycles. The lowest BCUT2D eigenvalue weighted by Gasteiger charge is -2.56. The number of rotatable bonds is 1. The highest BCUT2D eigenvalue weighted by Gasteiger charge is 2.52. The Hall–Kier alpha value is -0.630. The molecule has 2 fully saturated rings. The largest absolute Gasteiger partial charge is 0.381 e. The first-order valence-electron chi connectivity index (χ1n) is 7.82. The van der Waals surface area contributed by atoms with Crippen molar-refractivity contribution in [2.24, 2.45) is 23.2 Å². The Morgan fingerprint density at radius 3 is 2.79 bits per heavy atom. The van der Waals surface area contributed by atoms with Crippen LogP contribution in [-0.4, -0.2) is 19.0 Å². The van der Waals surface area contributed by atoms with Gasteiger partial charge < -0.3 is 4.74 Å². The van der Waals surface area contributed by atoms with E-state index in [9.17, 15) is 4.79 Å². The standard InChI is InChI=1S/C17H26O2/c1-11-14-6-4-12-10-13(18)5-7-15(12)17(14,2)9-8-16(11)19-3/h10-11,14-16H,4-9H2,1-3H3. The van der Waals surface area contributed by atoms with E-state index in [0.717, 1.165) is 25.2 Å². The van der Waals surface area contributed by atoms with Crippen molar-refractivity contribution in [2.45, 2.75) is 58.5 Å². The zero-order valence-electron chi connectivity index (χ0n) is 12.4. The van der Waals surface area contributed by atoms with Crippen LogP contribution in [0.3, 0.4) is 0 Å². The molecular formula is C17H26O2. The van der Waals surface area contributed by atoms with Gasteiger partial charge in [0.15, 0.2) is 5.78 Å². The Labute approximate surface area is 116 Å². The van der Waals surface area contributed by atoms with Crippen molar-refractivity contribution in [1.29, 1.82) is 0 Å². The SMILES string of the molecule is COC1CCC2(C)C3CCC(=O)C=C3CCC2C1C. The van der Waals surface area contributed by atoms with Gasteiger partial charge in [-0.2, -0.15) is 0 Å². The highest BCUT2D eigenvalue weighted by atomic mass is 16.5. The summed E-state index contributed by atoms with van der Waals surface area (Å²) in [6, 6.07) is 0. The Balaban J connectivity index is 1.90. The molecule has 0 aromatic carbocycles. The minimum absolute atomic E-state index is 0.354. The Morgan fingerprint density at radius 1 is 1.26 bits per heavy atom. The number of fused-ring (bicyclic) bond motifs is 3. The fraction of sp³-hybridized carbons (Fsp3) is 0.824. The van der Waals surface area contributed by atoms with Gasteiger partial charge in [-0.3, -0.25) is 4.79 Å². The maximum Gasteiger partial charge on any atom is 0.155 e. The molecule has 0 bridgehead atoms. The summed E-state index contributed by atoms with van der Waals surface area (Å²) in [7, 11) is 1.86. The molecule has 0 aliphatic heterocycles. The molecule has 5 unspecified atom stereocenters. The first-order valence-corrected chi connectivity index (χ1v) is 7.82. The van der Waals surface area contributed by atoms with Gasteiger partial charge in [-0.15, -0.1) is 0 Å². The predicted octanol–water partition coefficient (Wildman–Crippen LogP) is 3.75. The highest BCUT2D eigenvalue weighted by molar-refractivity contribution is 5.91. The molecule has 0 aromatic rings. The molecule has 3 aliphatic rings. The smallest absolute Gasteiger partial charge is 0.155 e. The number of allylic oxidation sites excluding steroid dienone is 2. The zero-order chi connectivity index (χ0) is 13.6. The molecular weight excluding hydrogens is 236 g/mol. The van der Waals surface area contributed by atoms with Crippen molar-refractivity contribution in [1.82, 2.24) is 0 Å². The molecule has 0 radical (unpaired) electrons. The summed E-state index contributed by atoms with van der Waals surface area (Å²) in [6.45, 7) is 4.85. The second kappa shape index (κ2) is 4.73. The van der Waals surface area contributed by atoms with Crippen LogP contribution in [-0.2, 0) is 9.53 Å². The van der Waals surface area contributed by atoms with E-state index in [0.29, 0.717) is 29.1 Å². The van der Waals surface area contributed by atoms with Gasteiger partial charge in [0.25, 0.3) is 0 Å². The third kappa shape index (κ3) is 1.99. The van der Waals surface area contributed by atoms with E-state index < -0.39 is 0 Å². The first kappa shape index (κ1) is 13.4. The summed E-state index contributed by atoms with van der Waals surface area (Å²) >= 11 is 0. The fourth-order valence-corrected chi connectivity index (χ4v) is 5.29. The maximum absolute atomic E-state index is 11.6. The molecule has 0 heterocycles. The number of carbonyl (C=O) groups is 1. The maximum atomic E-state index is 11.6. The van der Waals surface area contributed by atoms with E-state index in [1.54, 1.807) is 0 Å². The molecule has 2 heteroatoms. The Morgan fingerprint density at radius 2 is 2.05 bits per heavy atom. The number of carbonyl (C=O) groups excluding carboxylic acids is 1. The highest BCUT2D eigenvalue weighted by Crippen LogP contribution is 2.59. The second-order valence-corrected chi connectivity index (χ2v) is 7.10. The molecule has 0 amide bonds. The lowest BCUT2D eigenvalue weighted by atomic mass is 9.49. The lowest BCUT2D eigenvalue weighted by Crippen LogP contribution is -2.50. The molecule has 2 nitrogen and oxygen atoms in total. The molecule has 0 aromatic heterocycles. The Bertz CT molecular complexity index is 411. The van der Waals surface area contributed by atoms with Crippen LogP contribution < -0.4 is 0 Å². The van der Waals surface area contributed by atoms with Gasteiger partial charge in [0.1, 0.15) is 0 Å². The van der Waals surface area contributed by atoms with Gasteiger partial charge in [0.2, 0.25) is 0 Å². The third-order valence-corrected chi connectivity index (χ3v) is 6.35. The number of ether oxygens (including phenoxy) is 1. The summed E-state index contributed by atoms with van der Waals surface area (Å²) in [4.78, 5) is 11.6. The molecule has 106 valence electrons. The predicted molar refractivity (Wildman–Crippen MR) is 75.8 cm³/mol. The van der Waals surface area contributed by atoms with Crippen LogP contribution in [0, 0.1) is 23.2 Å². The number of methoxy groups -OCH3 is 1. The Kier molecular flexibility index (Phi) is 3.33. The molecule has 5 atom stereocenters. The molecule has 19 heavy (non-hydrogen) atoms. The molecule has 0 spiro atoms.